The molecule has 67 heavy (non-hydrogen) atoms. The van der Waals surface area contributed by atoms with Crippen molar-refractivity contribution >= 4 is 22.6 Å². The Kier molecular flexibility index (Phi) is 11.0. The second kappa shape index (κ2) is 17.6. The number of hydrogen-bond acceptors (Lipinski definition) is 2. The summed E-state index contributed by atoms with van der Waals surface area (Å²) in [7, 11) is 0. The zero-order valence-electron chi connectivity index (χ0n) is 38.7. The molecule has 326 valence electrons. The van der Waals surface area contributed by atoms with E-state index >= 15 is 0 Å². The van der Waals surface area contributed by atoms with Gasteiger partial charge in [-0.25, -0.2) is 0 Å². The van der Waals surface area contributed by atoms with Crippen molar-refractivity contribution < 1.29 is 0 Å². The summed E-state index contributed by atoms with van der Waals surface area (Å²) in [6.45, 7) is 7.06. The number of para-hydroxylation sites is 2. The topological polar surface area (TPSA) is 15.3 Å². The summed E-state index contributed by atoms with van der Waals surface area (Å²) in [6.07, 6.45) is 14.8. The molecule has 2 nitrogen and oxygen atoms in total. The van der Waals surface area contributed by atoms with Crippen LogP contribution in [0.2, 0.25) is 0 Å². The summed E-state index contributed by atoms with van der Waals surface area (Å²) in [5.41, 5.74) is 20.8. The third-order valence-electron chi connectivity index (χ3n) is 14.5. The summed E-state index contributed by atoms with van der Waals surface area (Å²) in [4.78, 5) is 2.51. The van der Waals surface area contributed by atoms with Crippen molar-refractivity contribution in [3.05, 3.63) is 287 Å². The van der Waals surface area contributed by atoms with Gasteiger partial charge in [0.2, 0.25) is 0 Å². The first-order chi connectivity index (χ1) is 32.9. The summed E-state index contributed by atoms with van der Waals surface area (Å²) in [5.74, 6) is 0.462. The van der Waals surface area contributed by atoms with Gasteiger partial charge in [0.15, 0.2) is 0 Å². The first kappa shape index (κ1) is 42.0. The third kappa shape index (κ3) is 7.67. The largest absolute Gasteiger partial charge is 0.355 e. The third-order valence-corrected chi connectivity index (χ3v) is 14.5. The quantitative estimate of drug-likeness (QED) is 0.130. The van der Waals surface area contributed by atoms with E-state index < -0.39 is 5.41 Å². The van der Waals surface area contributed by atoms with E-state index in [1.54, 1.807) is 0 Å². The Bertz CT molecular complexity index is 3150. The fourth-order valence-electron chi connectivity index (χ4n) is 11.1. The molecule has 2 heteroatoms. The molecule has 0 aliphatic heterocycles. The maximum Gasteiger partial charge on any atom is 0.0701 e. The average molecular weight is 865 g/mol. The Morgan fingerprint density at radius 2 is 1.09 bits per heavy atom. The van der Waals surface area contributed by atoms with Crippen molar-refractivity contribution in [1.82, 2.24) is 0 Å². The molecule has 1 atom stereocenters. The minimum absolute atomic E-state index is 0.0216. The first-order valence-corrected chi connectivity index (χ1v) is 23.9. The van der Waals surface area contributed by atoms with Crippen LogP contribution in [0.15, 0.2) is 248 Å². The van der Waals surface area contributed by atoms with E-state index in [0.717, 1.165) is 41.8 Å². The van der Waals surface area contributed by atoms with Crippen LogP contribution in [0.1, 0.15) is 79.0 Å². The molecule has 0 fully saturated rings. The van der Waals surface area contributed by atoms with E-state index in [0.29, 0.717) is 5.92 Å². The molecule has 8 aromatic rings. The monoisotopic (exact) mass is 864 g/mol. The Labute approximate surface area is 397 Å². The van der Waals surface area contributed by atoms with Crippen LogP contribution in [0.5, 0.6) is 0 Å². The van der Waals surface area contributed by atoms with Crippen LogP contribution in [0.25, 0.3) is 27.8 Å². The molecule has 8 aromatic carbocycles. The van der Waals surface area contributed by atoms with Crippen LogP contribution >= 0.6 is 0 Å². The molecule has 0 amide bonds. The predicted octanol–water partition coefficient (Wildman–Crippen LogP) is 16.8. The van der Waals surface area contributed by atoms with Gasteiger partial charge in [-0.15, -0.1) is 0 Å². The Hall–Kier alpha value is -7.68. The summed E-state index contributed by atoms with van der Waals surface area (Å²) in [6, 6.07) is 75.9. The first-order valence-electron chi connectivity index (χ1n) is 23.9. The van der Waals surface area contributed by atoms with Gasteiger partial charge in [-0.2, -0.15) is 0 Å². The molecular weight excluding hydrogens is 809 g/mol. The van der Waals surface area contributed by atoms with Gasteiger partial charge in [0.25, 0.3) is 0 Å². The zero-order chi connectivity index (χ0) is 45.4. The average Bonchev–Trinajstić information content (AvgIpc) is 3.61. The van der Waals surface area contributed by atoms with E-state index in [2.05, 4.69) is 262 Å². The van der Waals surface area contributed by atoms with E-state index in [1.165, 1.54) is 72.7 Å². The highest BCUT2D eigenvalue weighted by Crippen LogP contribution is 2.50. The number of rotatable bonds is 11. The highest BCUT2D eigenvalue weighted by Gasteiger charge is 2.39. The number of allylic oxidation sites excluding steroid dienone is 7. The molecule has 1 N–H and O–H groups in total. The Balaban J connectivity index is 0.982. The number of hydrogen-bond donors (Lipinski definition) is 1. The van der Waals surface area contributed by atoms with Gasteiger partial charge in [0.1, 0.15) is 0 Å². The van der Waals surface area contributed by atoms with Gasteiger partial charge in [-0.3, -0.25) is 0 Å². The smallest absolute Gasteiger partial charge is 0.0701 e. The second-order valence-corrected chi connectivity index (χ2v) is 19.0. The molecule has 0 saturated carbocycles. The predicted molar refractivity (Wildman–Crippen MR) is 283 cm³/mol. The molecule has 1 unspecified atom stereocenters. The standard InChI is InChI=1S/C65H56N2/c1-46-18-17-25-57(44-46)67(55-39-32-47(33-40-55)49-34-43-60-59-27-13-15-28-61(59)64(2,3)62(60)45-49)56-41-37-53(38-42-56)65(50-19-7-4-8-20-50,51-21-9-5-10-22-51)52-35-30-48(31-36-52)58-26-14-16-29-63(58)66-54-23-11-6-12-24-54/h4-17,19-32,34-39,41-46,66H,18,33,40H2,1-3H3. The normalized spacial score (nSPS) is 16.0. The highest BCUT2D eigenvalue weighted by atomic mass is 15.2. The fraction of sp³-hybridized carbons (Fsp3) is 0.138. The minimum atomic E-state index is -0.585. The summed E-state index contributed by atoms with van der Waals surface area (Å²) < 4.78 is 0. The van der Waals surface area contributed by atoms with Crippen LogP contribution < -0.4 is 10.2 Å². The van der Waals surface area contributed by atoms with Gasteiger partial charge < -0.3 is 10.2 Å². The van der Waals surface area contributed by atoms with Crippen LogP contribution in [-0.4, -0.2) is 0 Å². The van der Waals surface area contributed by atoms with Crippen LogP contribution in [0.4, 0.5) is 17.1 Å². The van der Waals surface area contributed by atoms with Crippen molar-refractivity contribution in [3.63, 3.8) is 0 Å². The Morgan fingerprint density at radius 3 is 1.75 bits per heavy atom. The molecule has 0 saturated heterocycles. The zero-order valence-corrected chi connectivity index (χ0v) is 38.7. The van der Waals surface area contributed by atoms with E-state index in [1.807, 2.05) is 6.07 Å². The van der Waals surface area contributed by atoms with Gasteiger partial charge in [-0.05, 0) is 135 Å². The van der Waals surface area contributed by atoms with Crippen LogP contribution in [-0.2, 0) is 10.8 Å². The molecule has 0 spiro atoms. The Morgan fingerprint density at radius 1 is 0.522 bits per heavy atom. The molecule has 0 heterocycles. The minimum Gasteiger partial charge on any atom is -0.355 e. The lowest BCUT2D eigenvalue weighted by atomic mass is 9.65. The number of fused-ring (bicyclic) bond motifs is 3. The van der Waals surface area contributed by atoms with Crippen molar-refractivity contribution in [2.45, 2.75) is 50.9 Å². The fourth-order valence-corrected chi connectivity index (χ4v) is 11.1. The SMILES string of the molecule is CC1C=C(N(C2=CC=C(c3ccc4c(c3)C(C)(C)c3ccccc3-4)CC2)c2ccc(C(c3ccccc3)(c3ccccc3)c3ccc(-c4ccccc4Nc4ccccc4)cc3)cc2)C=CC1. The molecule has 0 aromatic heterocycles. The van der Waals surface area contributed by atoms with Gasteiger partial charge in [0.05, 0.1) is 5.41 Å². The molecule has 0 bridgehead atoms. The van der Waals surface area contributed by atoms with Crippen molar-refractivity contribution in [1.29, 1.82) is 0 Å². The number of benzene rings is 8. The van der Waals surface area contributed by atoms with Crippen molar-refractivity contribution in [2.75, 3.05) is 10.2 Å². The molecular formula is C65H56N2. The summed E-state index contributed by atoms with van der Waals surface area (Å²) in [5, 5.41) is 3.66. The molecule has 3 aliphatic carbocycles. The second-order valence-electron chi connectivity index (χ2n) is 19.0. The number of nitrogens with zero attached hydrogens (tertiary/aromatic N) is 1. The molecule has 3 aliphatic rings. The summed E-state index contributed by atoms with van der Waals surface area (Å²) >= 11 is 0. The lowest BCUT2D eigenvalue weighted by molar-refractivity contribution is 0.660. The maximum absolute atomic E-state index is 3.66. The molecule has 11 rings (SSSR count). The van der Waals surface area contributed by atoms with E-state index in [-0.39, 0.29) is 5.41 Å². The van der Waals surface area contributed by atoms with Crippen molar-refractivity contribution in [2.24, 2.45) is 5.92 Å². The van der Waals surface area contributed by atoms with Crippen LogP contribution in [0.3, 0.4) is 0 Å². The van der Waals surface area contributed by atoms with Gasteiger partial charge in [0, 0.05) is 39.4 Å². The highest BCUT2D eigenvalue weighted by molar-refractivity contribution is 5.84. The number of anilines is 3. The molecule has 0 radical (unpaired) electrons. The van der Waals surface area contributed by atoms with E-state index in [4.69, 9.17) is 0 Å². The van der Waals surface area contributed by atoms with Crippen molar-refractivity contribution in [3.8, 4) is 22.3 Å². The van der Waals surface area contributed by atoms with E-state index in [9.17, 15) is 0 Å². The number of nitrogens with one attached hydrogen (secondary N) is 1. The maximum atomic E-state index is 3.66. The van der Waals surface area contributed by atoms with Gasteiger partial charge in [-0.1, -0.05) is 209 Å². The van der Waals surface area contributed by atoms with Gasteiger partial charge >= 0.3 is 0 Å². The lowest BCUT2D eigenvalue weighted by Gasteiger charge is -2.38. The lowest BCUT2D eigenvalue weighted by Crippen LogP contribution is -2.31. The van der Waals surface area contributed by atoms with Crippen LogP contribution in [0, 0.1) is 5.92 Å².